The molecule has 0 atom stereocenters. The fourth-order valence-electron chi connectivity index (χ4n) is 2.99. The van der Waals surface area contributed by atoms with E-state index >= 15 is 0 Å². The molecule has 0 radical (unpaired) electrons. The lowest BCUT2D eigenvalue weighted by Gasteiger charge is -2.26. The molecule has 0 saturated carbocycles. The maximum atomic E-state index is 13.7. The summed E-state index contributed by atoms with van der Waals surface area (Å²) in [5.41, 5.74) is -2.32. The lowest BCUT2D eigenvalue weighted by Crippen LogP contribution is -2.42. The molecule has 9 heteroatoms. The van der Waals surface area contributed by atoms with Crippen molar-refractivity contribution >= 4 is 11.9 Å². The summed E-state index contributed by atoms with van der Waals surface area (Å²) < 4.78 is 41.8. The molecule has 0 bridgehead atoms. The summed E-state index contributed by atoms with van der Waals surface area (Å²) in [6.07, 6.45) is -3.52. The number of aromatic nitrogens is 2. The van der Waals surface area contributed by atoms with Gasteiger partial charge in [0.2, 0.25) is 0 Å². The third-order valence-corrected chi connectivity index (χ3v) is 5.02. The van der Waals surface area contributed by atoms with E-state index in [1.165, 1.54) is 6.07 Å². The minimum absolute atomic E-state index is 0.205. The number of hydrogen-bond donors (Lipinski definition) is 2. The van der Waals surface area contributed by atoms with Gasteiger partial charge < -0.3 is 10.4 Å². The largest absolute Gasteiger partial charge is 0.481 e. The molecule has 2 rings (SSSR count). The van der Waals surface area contributed by atoms with Crippen LogP contribution in [0.3, 0.4) is 0 Å². The van der Waals surface area contributed by atoms with Gasteiger partial charge in [-0.25, -0.2) is 4.68 Å². The van der Waals surface area contributed by atoms with Crippen LogP contribution in [0.1, 0.15) is 48.3 Å². The van der Waals surface area contributed by atoms with Crippen molar-refractivity contribution in [2.45, 2.75) is 39.8 Å². The number of alkyl halides is 3. The monoisotopic (exact) mass is 397 g/mol. The normalized spacial score (nSPS) is 12.1. The molecule has 6 nitrogen and oxygen atoms in total. The first-order valence-corrected chi connectivity index (χ1v) is 8.80. The van der Waals surface area contributed by atoms with Crippen molar-refractivity contribution in [2.75, 3.05) is 6.54 Å². The number of amides is 1. The van der Waals surface area contributed by atoms with Crippen molar-refractivity contribution in [3.63, 3.8) is 0 Å². The highest BCUT2D eigenvalue weighted by atomic mass is 19.4. The van der Waals surface area contributed by atoms with Gasteiger partial charge in [-0.15, -0.1) is 0 Å². The molecule has 152 valence electrons. The minimum Gasteiger partial charge on any atom is -0.481 e. The van der Waals surface area contributed by atoms with Gasteiger partial charge in [-0.2, -0.15) is 18.3 Å². The quantitative estimate of drug-likeness (QED) is 0.744. The van der Waals surface area contributed by atoms with E-state index in [-0.39, 0.29) is 25.1 Å². The third-order valence-electron chi connectivity index (χ3n) is 5.02. The Balaban J connectivity index is 2.42. The van der Waals surface area contributed by atoms with E-state index in [4.69, 9.17) is 0 Å². The second-order valence-corrected chi connectivity index (χ2v) is 6.58. The van der Waals surface area contributed by atoms with Crippen LogP contribution in [-0.4, -0.2) is 33.3 Å². The predicted octanol–water partition coefficient (Wildman–Crippen LogP) is 3.82. The number of nitrogens with one attached hydrogen (secondary N) is 1. The molecule has 1 amide bonds. The number of nitrogens with zero attached hydrogens (tertiary/aromatic N) is 2. The number of hydrogen-bond acceptors (Lipinski definition) is 3. The number of aryl methyl sites for hydroxylation is 1. The molecule has 28 heavy (non-hydrogen) atoms. The van der Waals surface area contributed by atoms with Crippen LogP contribution in [0.15, 0.2) is 30.5 Å². The Hall–Kier alpha value is -2.84. The van der Waals surface area contributed by atoms with E-state index in [1.54, 1.807) is 39.0 Å². The molecule has 2 N–H and O–H groups in total. The molecule has 1 aromatic carbocycles. The fraction of sp³-hybridized carbons (Fsp3) is 0.421. The number of benzene rings is 1. The van der Waals surface area contributed by atoms with E-state index in [9.17, 15) is 27.9 Å². The average molecular weight is 397 g/mol. The van der Waals surface area contributed by atoms with E-state index in [2.05, 4.69) is 10.4 Å². The van der Waals surface area contributed by atoms with E-state index in [0.29, 0.717) is 10.2 Å². The first kappa shape index (κ1) is 21.5. The number of carbonyl (C=O) groups is 2. The van der Waals surface area contributed by atoms with Gasteiger partial charge in [0.15, 0.2) is 5.69 Å². The summed E-state index contributed by atoms with van der Waals surface area (Å²) in [4.78, 5) is 24.0. The first-order chi connectivity index (χ1) is 13.1. The summed E-state index contributed by atoms with van der Waals surface area (Å²) in [6.45, 7) is 4.67. The van der Waals surface area contributed by atoms with Crippen LogP contribution in [0.2, 0.25) is 0 Å². The van der Waals surface area contributed by atoms with Gasteiger partial charge in [0.05, 0.1) is 22.9 Å². The molecule has 0 aliphatic rings. The average Bonchev–Trinajstić information content (AvgIpc) is 3.08. The fourth-order valence-corrected chi connectivity index (χ4v) is 2.99. The Bertz CT molecular complexity index is 871. The third kappa shape index (κ3) is 4.02. The van der Waals surface area contributed by atoms with Crippen molar-refractivity contribution in [2.24, 2.45) is 5.41 Å². The molecule has 0 fully saturated rings. The van der Waals surface area contributed by atoms with E-state index in [1.807, 2.05) is 0 Å². The van der Waals surface area contributed by atoms with Crippen molar-refractivity contribution in [3.8, 4) is 5.69 Å². The lowest BCUT2D eigenvalue weighted by atomic mass is 9.82. The minimum atomic E-state index is -4.83. The van der Waals surface area contributed by atoms with Crippen molar-refractivity contribution in [3.05, 3.63) is 47.3 Å². The SMILES string of the molecule is CCC(CC)(CNC(=O)c1cnn(-c2ccccc2C)c1C(F)(F)F)C(=O)O. The Morgan fingerprint density at radius 3 is 2.29 bits per heavy atom. The molecule has 0 aliphatic carbocycles. The lowest BCUT2D eigenvalue weighted by molar-refractivity contribution is -0.149. The number of aliphatic carboxylic acids is 1. The van der Waals surface area contributed by atoms with Crippen LogP contribution in [0.25, 0.3) is 5.69 Å². The standard InChI is InChI=1S/C19H22F3N3O3/c1-4-18(5-2,17(27)28)11-23-16(26)13-10-24-25(15(13)19(20,21)22)14-9-7-6-8-12(14)3/h6-10H,4-5,11H2,1-3H3,(H,23,26)(H,27,28). The van der Waals surface area contributed by atoms with Crippen LogP contribution in [0.4, 0.5) is 13.2 Å². The highest BCUT2D eigenvalue weighted by Gasteiger charge is 2.41. The van der Waals surface area contributed by atoms with Crippen molar-refractivity contribution in [1.29, 1.82) is 0 Å². The molecule has 0 aliphatic heterocycles. The Labute approximate surface area is 160 Å². The van der Waals surface area contributed by atoms with Crippen molar-refractivity contribution < 1.29 is 27.9 Å². The van der Waals surface area contributed by atoms with Gasteiger partial charge in [-0.3, -0.25) is 9.59 Å². The van der Waals surface area contributed by atoms with Crippen LogP contribution in [0, 0.1) is 12.3 Å². The highest BCUT2D eigenvalue weighted by Crippen LogP contribution is 2.34. The summed E-state index contributed by atoms with van der Waals surface area (Å²) >= 11 is 0. The Morgan fingerprint density at radius 2 is 1.79 bits per heavy atom. The Morgan fingerprint density at radius 1 is 1.18 bits per heavy atom. The summed E-state index contributed by atoms with van der Waals surface area (Å²) in [5.74, 6) is -2.12. The maximum absolute atomic E-state index is 13.7. The number of para-hydroxylation sites is 1. The van der Waals surface area contributed by atoms with Gasteiger partial charge in [-0.1, -0.05) is 32.0 Å². The molecule has 0 saturated heterocycles. The molecule has 1 aromatic heterocycles. The topological polar surface area (TPSA) is 84.2 Å². The zero-order valence-corrected chi connectivity index (χ0v) is 15.8. The molecular weight excluding hydrogens is 375 g/mol. The summed E-state index contributed by atoms with van der Waals surface area (Å²) in [5, 5.41) is 15.5. The number of rotatable bonds is 7. The molecule has 0 unspecified atom stereocenters. The predicted molar refractivity (Wildman–Crippen MR) is 96.3 cm³/mol. The molecule has 0 spiro atoms. The van der Waals surface area contributed by atoms with E-state index in [0.717, 1.165) is 6.20 Å². The summed E-state index contributed by atoms with van der Waals surface area (Å²) in [6, 6.07) is 6.38. The second kappa shape index (κ2) is 8.04. The van der Waals surface area contributed by atoms with Gasteiger partial charge in [-0.05, 0) is 31.4 Å². The number of halogens is 3. The van der Waals surface area contributed by atoms with Crippen LogP contribution in [0.5, 0.6) is 0 Å². The van der Waals surface area contributed by atoms with Gasteiger partial charge in [0, 0.05) is 6.54 Å². The second-order valence-electron chi connectivity index (χ2n) is 6.58. The summed E-state index contributed by atoms with van der Waals surface area (Å²) in [7, 11) is 0. The van der Waals surface area contributed by atoms with E-state index < -0.39 is 34.7 Å². The zero-order chi connectivity index (χ0) is 21.1. The van der Waals surface area contributed by atoms with Crippen LogP contribution < -0.4 is 5.32 Å². The van der Waals surface area contributed by atoms with Gasteiger partial charge >= 0.3 is 12.1 Å². The van der Waals surface area contributed by atoms with Crippen LogP contribution >= 0.6 is 0 Å². The number of carboxylic acids is 1. The maximum Gasteiger partial charge on any atom is 0.434 e. The smallest absolute Gasteiger partial charge is 0.434 e. The molecule has 1 heterocycles. The number of carbonyl (C=O) groups excluding carboxylic acids is 1. The molecular formula is C19H22F3N3O3. The van der Waals surface area contributed by atoms with Gasteiger partial charge in [0.1, 0.15) is 0 Å². The molecule has 2 aromatic rings. The van der Waals surface area contributed by atoms with Crippen LogP contribution in [-0.2, 0) is 11.0 Å². The zero-order valence-electron chi connectivity index (χ0n) is 15.8. The van der Waals surface area contributed by atoms with Crippen molar-refractivity contribution in [1.82, 2.24) is 15.1 Å². The number of carboxylic acid groups (broad SMARTS) is 1. The van der Waals surface area contributed by atoms with Gasteiger partial charge in [0.25, 0.3) is 5.91 Å². The first-order valence-electron chi connectivity index (χ1n) is 8.80. The Kier molecular flexibility index (Phi) is 6.16. The highest BCUT2D eigenvalue weighted by molar-refractivity contribution is 5.95.